The fourth-order valence-corrected chi connectivity index (χ4v) is 4.32. The van der Waals surface area contributed by atoms with E-state index in [0.29, 0.717) is 23.4 Å². The molecule has 0 amide bonds. The van der Waals surface area contributed by atoms with Crippen LogP contribution in [0.2, 0.25) is 0 Å². The summed E-state index contributed by atoms with van der Waals surface area (Å²) in [5.74, 6) is -0.387. The zero-order chi connectivity index (χ0) is 20.9. The molecule has 9 heteroatoms. The molecule has 2 aromatic carbocycles. The van der Waals surface area contributed by atoms with Crippen LogP contribution in [0.25, 0.3) is 0 Å². The van der Waals surface area contributed by atoms with E-state index in [4.69, 9.17) is 0 Å². The van der Waals surface area contributed by atoms with Gasteiger partial charge in [-0.05, 0) is 18.2 Å². The molecule has 0 bridgehead atoms. The van der Waals surface area contributed by atoms with Gasteiger partial charge >= 0.3 is 0 Å². The second-order valence-electron chi connectivity index (χ2n) is 7.05. The third-order valence-corrected chi connectivity index (χ3v) is 6.07. The fourth-order valence-electron chi connectivity index (χ4n) is 3.28. The van der Waals surface area contributed by atoms with Gasteiger partial charge < -0.3 is 5.32 Å². The van der Waals surface area contributed by atoms with Crippen molar-refractivity contribution in [2.75, 3.05) is 30.5 Å². The van der Waals surface area contributed by atoms with Crippen molar-refractivity contribution in [2.24, 2.45) is 10.2 Å². The molecule has 0 saturated carbocycles. The number of para-hydroxylation sites is 1. The monoisotopic (exact) mass is 433 g/mol. The molecule has 0 radical (unpaired) electrons. The third-order valence-electron chi connectivity index (χ3n) is 4.93. The molecule has 1 saturated heterocycles. The summed E-state index contributed by atoms with van der Waals surface area (Å²) in [5, 5.41) is 10.6. The highest BCUT2D eigenvalue weighted by Gasteiger charge is 2.23. The molecule has 5 nitrogen and oxygen atoms in total. The molecular weight excluding hydrogens is 411 g/mol. The van der Waals surface area contributed by atoms with Crippen molar-refractivity contribution < 1.29 is 13.2 Å². The van der Waals surface area contributed by atoms with Crippen LogP contribution in [0.5, 0.6) is 0 Å². The minimum Gasteiger partial charge on any atom is -0.314 e. The molecule has 0 aliphatic carbocycles. The summed E-state index contributed by atoms with van der Waals surface area (Å²) in [5.41, 5.74) is 2.08. The molecule has 1 fully saturated rings. The Hall–Kier alpha value is -2.36. The molecule has 2 aliphatic heterocycles. The van der Waals surface area contributed by atoms with E-state index in [-0.39, 0.29) is 17.9 Å². The summed E-state index contributed by atoms with van der Waals surface area (Å²) < 4.78 is 44.8. The quantitative estimate of drug-likeness (QED) is 0.668. The molecule has 2 aromatic rings. The second kappa shape index (κ2) is 9.63. The largest absolute Gasteiger partial charge is 0.314 e. The Labute approximate surface area is 177 Å². The minimum absolute atomic E-state index is 0.0502. The summed E-state index contributed by atoms with van der Waals surface area (Å²) in [6.07, 6.45) is -2.69. The van der Waals surface area contributed by atoms with Gasteiger partial charge in [0.1, 0.15) is 11.5 Å². The van der Waals surface area contributed by atoms with Gasteiger partial charge in [0.2, 0.25) is 0 Å². The van der Waals surface area contributed by atoms with Crippen LogP contribution in [-0.4, -0.2) is 48.3 Å². The Morgan fingerprint density at radius 2 is 1.83 bits per heavy atom. The van der Waals surface area contributed by atoms with Gasteiger partial charge in [-0.15, -0.1) is 0 Å². The zero-order valence-electron chi connectivity index (χ0n) is 16.3. The van der Waals surface area contributed by atoms with Gasteiger partial charge in [0.25, 0.3) is 6.43 Å². The average Bonchev–Trinajstić information content (AvgIpc) is 3.27. The van der Waals surface area contributed by atoms with Crippen molar-refractivity contribution >= 4 is 29.2 Å². The summed E-state index contributed by atoms with van der Waals surface area (Å²) in [4.78, 5) is 0. The van der Waals surface area contributed by atoms with E-state index in [1.165, 1.54) is 6.07 Å². The lowest BCUT2D eigenvalue weighted by molar-refractivity contribution is 0.224. The van der Waals surface area contributed by atoms with Crippen molar-refractivity contribution in [3.05, 3.63) is 65.5 Å². The topological polar surface area (TPSA) is 43.2 Å². The predicted octanol–water partition coefficient (Wildman–Crippen LogP) is 4.11. The number of nitrogens with one attached hydrogen (secondary N) is 1. The Kier molecular flexibility index (Phi) is 6.71. The van der Waals surface area contributed by atoms with Crippen molar-refractivity contribution in [1.29, 1.82) is 0 Å². The van der Waals surface area contributed by atoms with Crippen LogP contribution in [0.15, 0.2) is 58.7 Å². The van der Waals surface area contributed by atoms with E-state index in [0.717, 1.165) is 31.9 Å². The maximum atomic E-state index is 14.9. The van der Waals surface area contributed by atoms with Crippen molar-refractivity contribution in [1.82, 2.24) is 9.62 Å². The molecule has 2 aliphatic rings. The minimum atomic E-state index is -2.64. The number of hydrogen-bond donors (Lipinski definition) is 1. The standard InChI is InChI=1S/C21H22F3N5S/c22-18-12-15(19-13-20(21(23)24)27-26-19)6-7-16(18)14-29(17-4-2-1-3-5-17)30-28-10-8-25-9-11-28/h1-7,12,21,25H,8-11,13-14H2. The molecule has 0 unspecified atom stereocenters. The number of rotatable bonds is 7. The first-order valence-electron chi connectivity index (χ1n) is 9.77. The third kappa shape index (κ3) is 5.03. The van der Waals surface area contributed by atoms with Gasteiger partial charge in [-0.2, -0.15) is 10.2 Å². The van der Waals surface area contributed by atoms with E-state index >= 15 is 0 Å². The molecule has 0 spiro atoms. The molecule has 4 rings (SSSR count). The average molecular weight is 434 g/mol. The van der Waals surface area contributed by atoms with Gasteiger partial charge in [-0.1, -0.05) is 30.3 Å². The maximum absolute atomic E-state index is 14.9. The van der Waals surface area contributed by atoms with E-state index in [2.05, 4.69) is 24.1 Å². The lowest BCUT2D eigenvalue weighted by atomic mass is 10.0. The molecule has 0 atom stereocenters. The van der Waals surface area contributed by atoms with Gasteiger partial charge in [-0.25, -0.2) is 17.5 Å². The maximum Gasteiger partial charge on any atom is 0.278 e. The van der Waals surface area contributed by atoms with Crippen molar-refractivity contribution in [3.63, 3.8) is 0 Å². The van der Waals surface area contributed by atoms with Crippen LogP contribution in [0, 0.1) is 5.82 Å². The Bertz CT molecular complexity index is 929. The highest BCUT2D eigenvalue weighted by molar-refractivity contribution is 7.98. The summed E-state index contributed by atoms with van der Waals surface area (Å²) >= 11 is 1.59. The fraction of sp³-hybridized carbons (Fsp3) is 0.333. The number of hydrogen-bond acceptors (Lipinski definition) is 6. The van der Waals surface area contributed by atoms with Crippen LogP contribution in [0.3, 0.4) is 0 Å². The number of anilines is 1. The molecule has 30 heavy (non-hydrogen) atoms. The second-order valence-corrected chi connectivity index (χ2v) is 8.17. The van der Waals surface area contributed by atoms with Crippen LogP contribution in [0.1, 0.15) is 17.5 Å². The van der Waals surface area contributed by atoms with Crippen LogP contribution < -0.4 is 9.62 Å². The molecule has 0 aromatic heterocycles. The first-order valence-corrected chi connectivity index (χ1v) is 10.5. The lowest BCUT2D eigenvalue weighted by Gasteiger charge is -2.32. The van der Waals surface area contributed by atoms with Gasteiger partial charge in [0.15, 0.2) is 0 Å². The van der Waals surface area contributed by atoms with Crippen LogP contribution >= 0.6 is 12.1 Å². The first kappa shape index (κ1) is 20.9. The Balaban J connectivity index is 1.50. The first-order chi connectivity index (χ1) is 14.6. The van der Waals surface area contributed by atoms with Crippen LogP contribution in [0.4, 0.5) is 18.9 Å². The van der Waals surface area contributed by atoms with Gasteiger partial charge in [0.05, 0.1) is 12.3 Å². The number of nitrogens with zero attached hydrogens (tertiary/aromatic N) is 4. The molecule has 158 valence electrons. The number of halogens is 3. The predicted molar refractivity (Wildman–Crippen MR) is 116 cm³/mol. The number of benzene rings is 2. The molecular formula is C21H22F3N5S. The van der Waals surface area contributed by atoms with E-state index < -0.39 is 6.43 Å². The van der Waals surface area contributed by atoms with Crippen molar-refractivity contribution in [3.8, 4) is 0 Å². The smallest absolute Gasteiger partial charge is 0.278 e. The Morgan fingerprint density at radius 3 is 2.50 bits per heavy atom. The summed E-state index contributed by atoms with van der Waals surface area (Å²) in [6.45, 7) is 4.02. The number of alkyl halides is 2. The highest BCUT2D eigenvalue weighted by Crippen LogP contribution is 2.29. The summed E-state index contributed by atoms with van der Waals surface area (Å²) in [6, 6.07) is 14.6. The molecule has 2 heterocycles. The lowest BCUT2D eigenvalue weighted by Crippen LogP contribution is -2.41. The van der Waals surface area contributed by atoms with Crippen LogP contribution in [-0.2, 0) is 6.54 Å². The SMILES string of the molecule is Fc1cc(C2=NN=C(C(F)F)C2)ccc1CN(SN1CCNCC1)c1ccccc1. The van der Waals surface area contributed by atoms with Gasteiger partial charge in [-0.3, -0.25) is 4.31 Å². The van der Waals surface area contributed by atoms with Gasteiger partial charge in [0, 0.05) is 61.5 Å². The van der Waals surface area contributed by atoms with E-state index in [1.807, 2.05) is 30.3 Å². The highest BCUT2D eigenvalue weighted by atomic mass is 32.2. The zero-order valence-corrected chi connectivity index (χ0v) is 17.1. The number of piperazine rings is 1. The Morgan fingerprint density at radius 1 is 1.07 bits per heavy atom. The van der Waals surface area contributed by atoms with Crippen molar-refractivity contribution in [2.45, 2.75) is 19.4 Å². The van der Waals surface area contributed by atoms with E-state index in [9.17, 15) is 13.2 Å². The normalized spacial score (nSPS) is 17.2. The van der Waals surface area contributed by atoms with E-state index in [1.54, 1.807) is 24.3 Å². The summed E-state index contributed by atoms with van der Waals surface area (Å²) in [7, 11) is 0. The molecule has 1 N–H and O–H groups in total.